The van der Waals surface area contributed by atoms with Gasteiger partial charge in [-0.25, -0.2) is 0 Å². The predicted octanol–water partition coefficient (Wildman–Crippen LogP) is 4.98. The van der Waals surface area contributed by atoms with Crippen LogP contribution in [0.25, 0.3) is 22.9 Å². The van der Waals surface area contributed by atoms with Crippen LogP contribution in [0, 0.1) is 0 Å². The maximum Gasteiger partial charge on any atom is 0.248 e. The maximum atomic E-state index is 5.79. The van der Waals surface area contributed by atoms with E-state index in [-0.39, 0.29) is 0 Å². The third-order valence-corrected chi connectivity index (χ3v) is 3.80. The monoisotopic (exact) mass is 328 g/mol. The van der Waals surface area contributed by atoms with E-state index in [1.165, 1.54) is 0 Å². The molecule has 0 saturated carbocycles. The molecule has 4 heteroatoms. The van der Waals surface area contributed by atoms with Crippen molar-refractivity contribution >= 4 is 0 Å². The van der Waals surface area contributed by atoms with Crippen LogP contribution < -0.4 is 4.74 Å². The SMILES string of the molecule is c1ccc(COc2ccc(-c3nnc(-c4ccccc4)o3)cc2)cc1. The van der Waals surface area contributed by atoms with E-state index in [2.05, 4.69) is 10.2 Å². The van der Waals surface area contributed by atoms with Gasteiger partial charge in [-0.1, -0.05) is 48.5 Å². The molecule has 0 spiro atoms. The van der Waals surface area contributed by atoms with Gasteiger partial charge in [0.2, 0.25) is 11.8 Å². The third-order valence-electron chi connectivity index (χ3n) is 3.80. The quantitative estimate of drug-likeness (QED) is 0.518. The van der Waals surface area contributed by atoms with Crippen molar-refractivity contribution in [1.29, 1.82) is 0 Å². The second kappa shape index (κ2) is 7.01. The van der Waals surface area contributed by atoms with E-state index in [0.717, 1.165) is 22.4 Å². The lowest BCUT2D eigenvalue weighted by atomic mass is 10.2. The molecule has 1 heterocycles. The smallest absolute Gasteiger partial charge is 0.248 e. The Bertz CT molecular complexity index is 933. The van der Waals surface area contributed by atoms with Crippen LogP contribution in [0.5, 0.6) is 5.75 Å². The van der Waals surface area contributed by atoms with E-state index in [4.69, 9.17) is 9.15 Å². The lowest BCUT2D eigenvalue weighted by Crippen LogP contribution is -1.94. The minimum Gasteiger partial charge on any atom is -0.489 e. The molecule has 122 valence electrons. The average molecular weight is 328 g/mol. The summed E-state index contributed by atoms with van der Waals surface area (Å²) in [6.07, 6.45) is 0. The van der Waals surface area contributed by atoms with Crippen LogP contribution in [0.15, 0.2) is 89.3 Å². The van der Waals surface area contributed by atoms with Crippen LogP contribution in [0.3, 0.4) is 0 Å². The van der Waals surface area contributed by atoms with Crippen molar-refractivity contribution in [3.05, 3.63) is 90.5 Å². The number of aromatic nitrogens is 2. The Labute approximate surface area is 145 Å². The minimum atomic E-state index is 0.494. The van der Waals surface area contributed by atoms with Gasteiger partial charge in [-0.2, -0.15) is 0 Å². The van der Waals surface area contributed by atoms with E-state index in [1.807, 2.05) is 84.9 Å². The average Bonchev–Trinajstić information content (AvgIpc) is 3.19. The molecule has 0 unspecified atom stereocenters. The molecule has 4 rings (SSSR count). The van der Waals surface area contributed by atoms with Gasteiger partial charge in [0.25, 0.3) is 0 Å². The number of nitrogens with zero attached hydrogens (tertiary/aromatic N) is 2. The first-order valence-corrected chi connectivity index (χ1v) is 8.04. The first kappa shape index (κ1) is 15.1. The molecule has 0 aliphatic heterocycles. The Morgan fingerprint density at radius 3 is 1.84 bits per heavy atom. The van der Waals surface area contributed by atoms with Crippen LogP contribution in [0.1, 0.15) is 5.56 Å². The molecule has 0 amide bonds. The van der Waals surface area contributed by atoms with E-state index in [0.29, 0.717) is 18.4 Å². The number of benzene rings is 3. The lowest BCUT2D eigenvalue weighted by molar-refractivity contribution is 0.306. The molecule has 3 aromatic carbocycles. The Kier molecular flexibility index (Phi) is 4.25. The molecule has 0 aliphatic rings. The molecule has 4 nitrogen and oxygen atoms in total. The van der Waals surface area contributed by atoms with Crippen molar-refractivity contribution < 1.29 is 9.15 Å². The van der Waals surface area contributed by atoms with Crippen molar-refractivity contribution in [1.82, 2.24) is 10.2 Å². The second-order valence-electron chi connectivity index (χ2n) is 5.58. The van der Waals surface area contributed by atoms with Gasteiger partial charge in [0, 0.05) is 11.1 Å². The molecule has 0 N–H and O–H groups in total. The molecule has 0 aliphatic carbocycles. The van der Waals surface area contributed by atoms with Crippen LogP contribution in [0.2, 0.25) is 0 Å². The number of hydrogen-bond donors (Lipinski definition) is 0. The van der Waals surface area contributed by atoms with E-state index in [1.54, 1.807) is 0 Å². The van der Waals surface area contributed by atoms with Crippen molar-refractivity contribution in [2.24, 2.45) is 0 Å². The van der Waals surface area contributed by atoms with Crippen molar-refractivity contribution in [2.75, 3.05) is 0 Å². The molecule has 25 heavy (non-hydrogen) atoms. The van der Waals surface area contributed by atoms with E-state index in [9.17, 15) is 0 Å². The summed E-state index contributed by atoms with van der Waals surface area (Å²) >= 11 is 0. The van der Waals surface area contributed by atoms with Crippen LogP contribution in [0.4, 0.5) is 0 Å². The molecule has 4 aromatic rings. The topological polar surface area (TPSA) is 48.2 Å². The van der Waals surface area contributed by atoms with Gasteiger partial charge >= 0.3 is 0 Å². The van der Waals surface area contributed by atoms with Crippen molar-refractivity contribution in [3.8, 4) is 28.7 Å². The van der Waals surface area contributed by atoms with Crippen LogP contribution in [-0.2, 0) is 6.61 Å². The summed E-state index contributed by atoms with van der Waals surface area (Å²) in [7, 11) is 0. The highest BCUT2D eigenvalue weighted by Gasteiger charge is 2.10. The second-order valence-corrected chi connectivity index (χ2v) is 5.58. The van der Waals surface area contributed by atoms with Gasteiger partial charge in [-0.05, 0) is 42.0 Å². The highest BCUT2D eigenvalue weighted by atomic mass is 16.5. The fourth-order valence-electron chi connectivity index (χ4n) is 2.47. The fraction of sp³-hybridized carbons (Fsp3) is 0.0476. The van der Waals surface area contributed by atoms with Crippen molar-refractivity contribution in [3.63, 3.8) is 0 Å². The maximum absolute atomic E-state index is 5.79. The number of ether oxygens (including phenoxy) is 1. The Hall–Kier alpha value is -3.40. The molecule has 0 fully saturated rings. The number of rotatable bonds is 5. The van der Waals surface area contributed by atoms with Gasteiger partial charge in [0.15, 0.2) is 0 Å². The number of hydrogen-bond acceptors (Lipinski definition) is 4. The summed E-state index contributed by atoms with van der Waals surface area (Å²) in [5.74, 6) is 1.81. The highest BCUT2D eigenvalue weighted by molar-refractivity contribution is 5.58. The molecule has 0 atom stereocenters. The Morgan fingerprint density at radius 2 is 1.20 bits per heavy atom. The molecular formula is C21H16N2O2. The Balaban J connectivity index is 1.46. The van der Waals surface area contributed by atoms with Gasteiger partial charge in [0.05, 0.1) is 0 Å². The third kappa shape index (κ3) is 3.58. The van der Waals surface area contributed by atoms with Gasteiger partial charge in [0.1, 0.15) is 12.4 Å². The lowest BCUT2D eigenvalue weighted by Gasteiger charge is -2.06. The predicted molar refractivity (Wildman–Crippen MR) is 95.9 cm³/mol. The molecule has 1 aromatic heterocycles. The summed E-state index contributed by atoms with van der Waals surface area (Å²) in [5.41, 5.74) is 2.90. The first-order chi connectivity index (χ1) is 12.4. The summed E-state index contributed by atoms with van der Waals surface area (Å²) < 4.78 is 11.6. The van der Waals surface area contributed by atoms with Gasteiger partial charge in [-0.3, -0.25) is 0 Å². The zero-order valence-corrected chi connectivity index (χ0v) is 13.5. The molecule has 0 saturated heterocycles. The standard InChI is InChI=1S/C21H16N2O2/c1-3-7-16(8-4-1)15-24-19-13-11-18(12-14-19)21-23-22-20(25-21)17-9-5-2-6-10-17/h1-14H,15H2. The largest absolute Gasteiger partial charge is 0.489 e. The van der Waals surface area contributed by atoms with Gasteiger partial charge < -0.3 is 9.15 Å². The molecular weight excluding hydrogens is 312 g/mol. The minimum absolute atomic E-state index is 0.494. The van der Waals surface area contributed by atoms with Crippen LogP contribution in [-0.4, -0.2) is 10.2 Å². The summed E-state index contributed by atoms with van der Waals surface area (Å²) in [4.78, 5) is 0. The van der Waals surface area contributed by atoms with Gasteiger partial charge in [-0.15, -0.1) is 10.2 Å². The highest BCUT2D eigenvalue weighted by Crippen LogP contribution is 2.25. The zero-order valence-electron chi connectivity index (χ0n) is 13.5. The normalized spacial score (nSPS) is 10.6. The first-order valence-electron chi connectivity index (χ1n) is 8.04. The zero-order chi connectivity index (χ0) is 16.9. The Morgan fingerprint density at radius 1 is 0.640 bits per heavy atom. The van der Waals surface area contributed by atoms with Crippen LogP contribution >= 0.6 is 0 Å². The molecule has 0 radical (unpaired) electrons. The van der Waals surface area contributed by atoms with E-state index >= 15 is 0 Å². The van der Waals surface area contributed by atoms with Crippen molar-refractivity contribution in [2.45, 2.75) is 6.61 Å². The molecule has 0 bridgehead atoms. The summed E-state index contributed by atoms with van der Waals surface area (Å²) in [5, 5.41) is 8.24. The fourth-order valence-corrected chi connectivity index (χ4v) is 2.47. The summed E-state index contributed by atoms with van der Waals surface area (Å²) in [6.45, 7) is 0.541. The van der Waals surface area contributed by atoms with E-state index < -0.39 is 0 Å². The summed E-state index contributed by atoms with van der Waals surface area (Å²) in [6, 6.07) is 27.5.